The minimum Gasteiger partial charge on any atom is -0.468 e. The van der Waals surface area contributed by atoms with Crippen LogP contribution in [0.2, 0.25) is 0 Å². The third-order valence-corrected chi connectivity index (χ3v) is 5.32. The zero-order valence-electron chi connectivity index (χ0n) is 14.5. The summed E-state index contributed by atoms with van der Waals surface area (Å²) in [5, 5.41) is 0. The van der Waals surface area contributed by atoms with Crippen LogP contribution in [0.1, 0.15) is 24.0 Å². The first-order valence-corrected chi connectivity index (χ1v) is 7.98. The van der Waals surface area contributed by atoms with Crippen LogP contribution in [-0.4, -0.2) is 39.2 Å². The Hall–Kier alpha value is -2.63. The summed E-state index contributed by atoms with van der Waals surface area (Å²) in [6.07, 6.45) is 2.31. The molecule has 0 aromatic heterocycles. The van der Waals surface area contributed by atoms with Gasteiger partial charge in [0.2, 0.25) is 0 Å². The third-order valence-electron chi connectivity index (χ3n) is 5.32. The van der Waals surface area contributed by atoms with E-state index in [4.69, 9.17) is 14.2 Å². The fraction of sp³-hybridized carbons (Fsp3) is 0.421. The molecule has 0 saturated heterocycles. The second kappa shape index (κ2) is 6.02. The van der Waals surface area contributed by atoms with Crippen LogP contribution < -0.4 is 0 Å². The van der Waals surface area contributed by atoms with Crippen molar-refractivity contribution >= 4 is 24.0 Å². The molecule has 0 radical (unpaired) electrons. The van der Waals surface area contributed by atoms with Crippen molar-refractivity contribution in [1.29, 1.82) is 0 Å². The predicted octanol–water partition coefficient (Wildman–Crippen LogP) is 1.91. The number of methoxy groups -OCH3 is 3. The molecular formula is C19H20O6. The van der Waals surface area contributed by atoms with E-state index in [1.807, 2.05) is 30.3 Å². The first-order valence-electron chi connectivity index (χ1n) is 7.98. The molecule has 1 fully saturated rings. The van der Waals surface area contributed by atoms with E-state index in [1.165, 1.54) is 21.3 Å². The maximum atomic E-state index is 12.7. The molecule has 2 aliphatic rings. The molecule has 3 rings (SSSR count). The Kier molecular flexibility index (Phi) is 4.14. The van der Waals surface area contributed by atoms with Crippen molar-refractivity contribution in [2.45, 2.75) is 19.3 Å². The highest BCUT2D eigenvalue weighted by atomic mass is 16.5. The van der Waals surface area contributed by atoms with Gasteiger partial charge in [0.15, 0.2) is 5.41 Å². The normalized spacial score (nSPS) is 22.9. The lowest BCUT2D eigenvalue weighted by Gasteiger charge is -2.33. The van der Waals surface area contributed by atoms with Crippen molar-refractivity contribution in [2.24, 2.45) is 10.8 Å². The molecule has 0 bridgehead atoms. The molecule has 0 amide bonds. The average molecular weight is 344 g/mol. The number of carbonyl (C=O) groups excluding carboxylic acids is 3. The van der Waals surface area contributed by atoms with Gasteiger partial charge in [0, 0.05) is 0 Å². The molecule has 6 heteroatoms. The molecule has 0 heterocycles. The number of rotatable bonds is 3. The van der Waals surface area contributed by atoms with Gasteiger partial charge in [-0.05, 0) is 30.4 Å². The Labute approximate surface area is 145 Å². The highest BCUT2D eigenvalue weighted by molar-refractivity contribution is 6.03. The molecule has 0 spiro atoms. The van der Waals surface area contributed by atoms with Crippen molar-refractivity contribution in [3.63, 3.8) is 0 Å². The van der Waals surface area contributed by atoms with E-state index in [2.05, 4.69) is 0 Å². The van der Waals surface area contributed by atoms with Crippen molar-refractivity contribution in [2.75, 3.05) is 21.3 Å². The molecule has 0 N–H and O–H groups in total. The molecule has 1 atom stereocenters. The van der Waals surface area contributed by atoms with Crippen LogP contribution >= 0.6 is 0 Å². The standard InChI is InChI=1S/C19H20O6/c1-23-15(20)18-9-13-7-5-4-6-12(13)8-14(18)10-19(11-18,16(21)24-2)17(22)25-3/h4-8H,9-11H2,1-3H3. The van der Waals surface area contributed by atoms with Crippen molar-refractivity contribution in [3.8, 4) is 0 Å². The van der Waals surface area contributed by atoms with Gasteiger partial charge in [-0.3, -0.25) is 14.4 Å². The summed E-state index contributed by atoms with van der Waals surface area (Å²) in [5.41, 5.74) is 0.0513. The number of hydrogen-bond acceptors (Lipinski definition) is 6. The molecule has 6 nitrogen and oxygen atoms in total. The number of carbonyl (C=O) groups is 3. The van der Waals surface area contributed by atoms with Crippen LogP contribution in [0.5, 0.6) is 0 Å². The minimum atomic E-state index is -1.54. The predicted molar refractivity (Wildman–Crippen MR) is 88.3 cm³/mol. The van der Waals surface area contributed by atoms with Crippen LogP contribution in [0, 0.1) is 10.8 Å². The molecular weight excluding hydrogens is 324 g/mol. The van der Waals surface area contributed by atoms with Gasteiger partial charge < -0.3 is 14.2 Å². The van der Waals surface area contributed by atoms with E-state index < -0.39 is 28.7 Å². The highest BCUT2D eigenvalue weighted by Crippen LogP contribution is 2.58. The first kappa shape index (κ1) is 17.2. The monoisotopic (exact) mass is 344 g/mol. The van der Waals surface area contributed by atoms with E-state index in [0.717, 1.165) is 11.1 Å². The summed E-state index contributed by atoms with van der Waals surface area (Å²) in [5.74, 6) is -1.84. The van der Waals surface area contributed by atoms with Gasteiger partial charge in [-0.1, -0.05) is 35.9 Å². The van der Waals surface area contributed by atoms with Crippen molar-refractivity contribution in [1.82, 2.24) is 0 Å². The van der Waals surface area contributed by atoms with Crippen LogP contribution in [0.3, 0.4) is 0 Å². The first-order chi connectivity index (χ1) is 11.9. The van der Waals surface area contributed by atoms with E-state index in [-0.39, 0.29) is 12.8 Å². The number of fused-ring (bicyclic) bond motifs is 2. The average Bonchev–Trinajstić information content (AvgIpc) is 3.00. The number of hydrogen-bond donors (Lipinski definition) is 0. The van der Waals surface area contributed by atoms with Gasteiger partial charge in [0.1, 0.15) is 0 Å². The molecule has 25 heavy (non-hydrogen) atoms. The SMILES string of the molecule is COC(=O)C1(C(=O)OC)CC2=Cc3ccccc3CC2(C(=O)OC)C1. The Morgan fingerprint density at radius 1 is 0.880 bits per heavy atom. The lowest BCUT2D eigenvalue weighted by Crippen LogP contribution is -2.42. The number of esters is 3. The maximum absolute atomic E-state index is 12.7. The summed E-state index contributed by atoms with van der Waals surface area (Å²) in [6.45, 7) is 0. The quantitative estimate of drug-likeness (QED) is 0.473. The van der Waals surface area contributed by atoms with Gasteiger partial charge in [-0.2, -0.15) is 0 Å². The molecule has 1 aromatic rings. The topological polar surface area (TPSA) is 78.9 Å². The Morgan fingerprint density at radius 2 is 1.48 bits per heavy atom. The van der Waals surface area contributed by atoms with Gasteiger partial charge in [-0.25, -0.2) is 0 Å². The minimum absolute atomic E-state index is 0.0216. The van der Waals surface area contributed by atoms with Crippen LogP contribution in [0.25, 0.3) is 6.08 Å². The van der Waals surface area contributed by atoms with Crippen LogP contribution in [0.4, 0.5) is 0 Å². The Morgan fingerprint density at radius 3 is 2.08 bits per heavy atom. The second-order valence-corrected chi connectivity index (χ2v) is 6.54. The molecule has 1 unspecified atom stereocenters. The van der Waals surface area contributed by atoms with Crippen molar-refractivity contribution < 1.29 is 28.6 Å². The molecule has 0 aliphatic heterocycles. The maximum Gasteiger partial charge on any atom is 0.323 e. The third kappa shape index (κ3) is 2.35. The number of ether oxygens (including phenoxy) is 3. The summed E-state index contributed by atoms with van der Waals surface area (Å²) >= 11 is 0. The molecule has 1 aromatic carbocycles. The van der Waals surface area contributed by atoms with E-state index in [0.29, 0.717) is 12.0 Å². The summed E-state index contributed by atoms with van der Waals surface area (Å²) in [7, 11) is 3.76. The zero-order chi connectivity index (χ0) is 18.2. The lowest BCUT2D eigenvalue weighted by molar-refractivity contribution is -0.170. The van der Waals surface area contributed by atoms with E-state index in [9.17, 15) is 14.4 Å². The fourth-order valence-corrected chi connectivity index (χ4v) is 4.13. The summed E-state index contributed by atoms with van der Waals surface area (Å²) < 4.78 is 14.8. The molecule has 132 valence electrons. The van der Waals surface area contributed by atoms with Gasteiger partial charge in [0.25, 0.3) is 0 Å². The van der Waals surface area contributed by atoms with E-state index >= 15 is 0 Å². The molecule has 1 saturated carbocycles. The lowest BCUT2D eigenvalue weighted by atomic mass is 9.71. The highest BCUT2D eigenvalue weighted by Gasteiger charge is 2.65. The van der Waals surface area contributed by atoms with Crippen LogP contribution in [0.15, 0.2) is 29.8 Å². The van der Waals surface area contributed by atoms with Crippen molar-refractivity contribution in [3.05, 3.63) is 41.0 Å². The largest absolute Gasteiger partial charge is 0.468 e. The Bertz CT molecular complexity index is 762. The summed E-state index contributed by atoms with van der Waals surface area (Å²) in [4.78, 5) is 37.7. The number of benzene rings is 1. The Balaban J connectivity index is 2.17. The van der Waals surface area contributed by atoms with Gasteiger partial charge >= 0.3 is 17.9 Å². The molecule has 2 aliphatic carbocycles. The summed E-state index contributed by atoms with van der Waals surface area (Å²) in [6, 6.07) is 7.68. The van der Waals surface area contributed by atoms with E-state index in [1.54, 1.807) is 0 Å². The smallest absolute Gasteiger partial charge is 0.323 e. The van der Waals surface area contributed by atoms with Crippen LogP contribution in [-0.2, 0) is 35.0 Å². The van der Waals surface area contributed by atoms with Gasteiger partial charge in [-0.15, -0.1) is 0 Å². The fourth-order valence-electron chi connectivity index (χ4n) is 4.13. The van der Waals surface area contributed by atoms with Gasteiger partial charge in [0.05, 0.1) is 26.7 Å². The second-order valence-electron chi connectivity index (χ2n) is 6.54. The zero-order valence-corrected chi connectivity index (χ0v) is 14.5.